The fourth-order valence-corrected chi connectivity index (χ4v) is 4.98. The Morgan fingerprint density at radius 2 is 2.06 bits per heavy atom. The molecule has 1 aliphatic rings. The number of hydrogen-bond acceptors (Lipinski definition) is 6. The van der Waals surface area contributed by atoms with Crippen molar-refractivity contribution in [3.8, 4) is 17.6 Å². The summed E-state index contributed by atoms with van der Waals surface area (Å²) in [6, 6.07) is 7.05. The minimum absolute atomic E-state index is 0.0369. The molecule has 0 unspecified atom stereocenters. The van der Waals surface area contributed by atoms with Crippen LogP contribution in [0.2, 0.25) is 5.02 Å². The van der Waals surface area contributed by atoms with Crippen molar-refractivity contribution in [2.75, 3.05) is 0 Å². The summed E-state index contributed by atoms with van der Waals surface area (Å²) in [6.45, 7) is -0.127. The van der Waals surface area contributed by atoms with Gasteiger partial charge in [0.15, 0.2) is 5.69 Å². The Morgan fingerprint density at radius 1 is 1.26 bits per heavy atom. The lowest BCUT2D eigenvalue weighted by atomic mass is 10.2. The fraction of sp³-hybridized carbons (Fsp3) is 0.100. The van der Waals surface area contributed by atoms with Crippen molar-refractivity contribution in [3.63, 3.8) is 0 Å². The molecule has 0 aliphatic carbocycles. The molecule has 4 rings (SSSR count). The first-order valence-corrected chi connectivity index (χ1v) is 11.8. The summed E-state index contributed by atoms with van der Waals surface area (Å²) < 4.78 is 51.6. The van der Waals surface area contributed by atoms with E-state index in [1.165, 1.54) is 23.0 Å². The van der Waals surface area contributed by atoms with Gasteiger partial charge in [-0.25, -0.2) is 9.67 Å². The number of ether oxygens (including phenoxy) is 1. The number of rotatable bonds is 5. The van der Waals surface area contributed by atoms with Gasteiger partial charge in [-0.1, -0.05) is 11.6 Å². The molecule has 1 aromatic carbocycles. The molecule has 3 aromatic rings. The molecule has 2 aromatic heterocycles. The number of amides is 1. The standard InChI is InChI=1S/C20H11ClF3IN6O3/c21-12-4-11(8-26)5-14(6-12)34-16-17(20(22,23)24)27-10-30(19(16)33)9-13-7-15(18(32)29-25-13)31-3-1-2-28-31/h1-7,10H,9H2,(H,29,32). The van der Waals surface area contributed by atoms with Gasteiger partial charge in [-0.2, -0.15) is 23.5 Å². The monoisotopic (exact) mass is 602 g/mol. The van der Waals surface area contributed by atoms with E-state index in [1.807, 2.05) is 0 Å². The average Bonchev–Trinajstić information content (AvgIpc) is 3.31. The Kier molecular flexibility index (Phi) is 6.53. The maximum atomic E-state index is 13.6. The van der Waals surface area contributed by atoms with Crippen LogP contribution in [0.1, 0.15) is 11.3 Å². The molecule has 34 heavy (non-hydrogen) atoms. The number of halogens is 5. The smallest absolute Gasteiger partial charge is 0.437 e. The van der Waals surface area contributed by atoms with E-state index in [4.69, 9.17) is 21.6 Å². The molecule has 1 amide bonds. The van der Waals surface area contributed by atoms with Crippen LogP contribution in [0.15, 0.2) is 53.9 Å². The highest BCUT2D eigenvalue weighted by Gasteiger charge is 2.39. The van der Waals surface area contributed by atoms with Gasteiger partial charge in [0, 0.05) is 41.9 Å². The molecule has 1 aliphatic heterocycles. The van der Waals surface area contributed by atoms with E-state index in [9.17, 15) is 22.8 Å². The van der Waals surface area contributed by atoms with Crippen LogP contribution < -0.4 is 13.8 Å². The predicted molar refractivity (Wildman–Crippen MR) is 123 cm³/mol. The number of nitrogens with zero attached hydrogens (tertiary/aromatic N) is 5. The minimum Gasteiger partial charge on any atom is -0.449 e. The van der Waals surface area contributed by atoms with Crippen molar-refractivity contribution in [1.29, 1.82) is 5.26 Å². The van der Waals surface area contributed by atoms with Gasteiger partial charge in [0.2, 0.25) is 5.75 Å². The highest BCUT2D eigenvalue weighted by atomic mass is 127. The zero-order valence-electron chi connectivity index (χ0n) is 16.7. The number of nitriles is 1. The topological polar surface area (TPSA) is 115 Å². The lowest BCUT2D eigenvalue weighted by Crippen LogP contribution is -2.30. The van der Waals surface area contributed by atoms with Crippen molar-refractivity contribution in [1.82, 2.24) is 22.9 Å². The first-order valence-electron chi connectivity index (χ1n) is 9.22. The molecule has 3 heterocycles. The molecule has 0 saturated heterocycles. The number of allylic oxidation sites excluding steroid dienone is 1. The normalized spacial score (nSPS) is 13.8. The summed E-state index contributed by atoms with van der Waals surface area (Å²) in [6.07, 6.45) is 0.380. The van der Waals surface area contributed by atoms with Crippen molar-refractivity contribution in [2.24, 2.45) is 0 Å². The molecule has 0 spiro atoms. The zero-order chi connectivity index (χ0) is 24.5. The van der Waals surface area contributed by atoms with E-state index in [1.54, 1.807) is 24.4 Å². The van der Waals surface area contributed by atoms with Crippen molar-refractivity contribution in [2.45, 2.75) is 12.7 Å². The van der Waals surface area contributed by atoms with Crippen molar-refractivity contribution < 1.29 is 22.7 Å². The van der Waals surface area contributed by atoms with Crippen LogP contribution in [0.25, 0.3) is 5.70 Å². The lowest BCUT2D eigenvalue weighted by Gasteiger charge is -2.17. The summed E-state index contributed by atoms with van der Waals surface area (Å²) in [4.78, 5) is 28.6. The SMILES string of the molecule is N#Cc1cc(Cl)cc(Oc2c(C(F)(F)F)ncn(CC3=INC(=O)C(n4cccn4)=C3)c2=O)c1. The second-order valence-electron chi connectivity index (χ2n) is 6.69. The second kappa shape index (κ2) is 9.39. The molecule has 1 N–H and O–H groups in total. The highest BCUT2D eigenvalue weighted by Crippen LogP contribution is 2.35. The van der Waals surface area contributed by atoms with Crippen molar-refractivity contribution >= 4 is 47.7 Å². The van der Waals surface area contributed by atoms with Crippen LogP contribution in [-0.2, 0) is 17.5 Å². The number of alkyl halides is 3. The van der Waals surface area contributed by atoms with Gasteiger partial charge in [0.1, 0.15) is 11.4 Å². The third-order valence-corrected chi connectivity index (χ3v) is 6.66. The lowest BCUT2D eigenvalue weighted by molar-refractivity contribution is -0.142. The number of nitrogens with one attached hydrogen (secondary N) is 1. The van der Waals surface area contributed by atoms with Crippen LogP contribution in [-0.4, -0.2) is 28.7 Å². The molecule has 0 fully saturated rings. The molecule has 14 heteroatoms. The number of aromatic nitrogens is 4. The summed E-state index contributed by atoms with van der Waals surface area (Å²) in [5.74, 6) is -1.63. The molecular weight excluding hydrogens is 592 g/mol. The Balaban J connectivity index is 1.73. The van der Waals surface area contributed by atoms with Gasteiger partial charge in [-0.05, 0) is 30.3 Å². The minimum atomic E-state index is -4.98. The maximum Gasteiger partial charge on any atom is 0.437 e. The number of carbonyl (C=O) groups excluding carboxylic acids is 1. The van der Waals surface area contributed by atoms with Gasteiger partial charge < -0.3 is 4.74 Å². The van der Waals surface area contributed by atoms with Crippen molar-refractivity contribution in [3.05, 3.63) is 75.7 Å². The van der Waals surface area contributed by atoms with Crippen LogP contribution in [0.5, 0.6) is 11.5 Å². The van der Waals surface area contributed by atoms with Gasteiger partial charge in [-0.3, -0.25) is 17.7 Å². The van der Waals surface area contributed by atoms with Gasteiger partial charge >= 0.3 is 6.18 Å². The number of hydrogen-bond donors (Lipinski definition) is 1. The summed E-state index contributed by atoms with van der Waals surface area (Å²) in [5, 5.41) is 13.1. The molecule has 174 valence electrons. The van der Waals surface area contributed by atoms with E-state index in [-0.39, 0.29) is 34.5 Å². The first-order chi connectivity index (χ1) is 16.2. The third kappa shape index (κ3) is 5.02. The first kappa shape index (κ1) is 23.6. The highest BCUT2D eigenvalue weighted by molar-refractivity contribution is 14.2. The summed E-state index contributed by atoms with van der Waals surface area (Å²) in [7, 11) is 0. The molecule has 0 atom stereocenters. The van der Waals surface area contributed by atoms with E-state index in [2.05, 4.69) is 13.6 Å². The van der Waals surface area contributed by atoms with E-state index in [0.717, 1.165) is 17.0 Å². The van der Waals surface area contributed by atoms with E-state index in [0.29, 0.717) is 3.51 Å². The van der Waals surface area contributed by atoms with Gasteiger partial charge in [-0.15, -0.1) is 0 Å². The number of carbonyl (C=O) groups is 1. The van der Waals surface area contributed by atoms with Crippen LogP contribution in [0.3, 0.4) is 0 Å². The summed E-state index contributed by atoms with van der Waals surface area (Å²) >= 11 is 4.85. The Bertz CT molecular complexity index is 1440. The fourth-order valence-electron chi connectivity index (χ4n) is 2.89. The van der Waals surface area contributed by atoms with E-state index >= 15 is 0 Å². The van der Waals surface area contributed by atoms with Crippen LogP contribution in [0, 0.1) is 11.3 Å². The molecule has 0 bridgehead atoms. The summed E-state index contributed by atoms with van der Waals surface area (Å²) in [5.41, 5.74) is -2.37. The van der Waals surface area contributed by atoms with E-state index < -0.39 is 44.2 Å². The van der Waals surface area contributed by atoms with Gasteiger partial charge in [0.25, 0.3) is 11.5 Å². The maximum absolute atomic E-state index is 13.6. The van der Waals surface area contributed by atoms with Gasteiger partial charge in [0.05, 0.1) is 24.5 Å². The molecule has 9 nitrogen and oxygen atoms in total. The molecular formula is C20H11ClF3IN6O3. The molecule has 0 radical (unpaired) electrons. The largest absolute Gasteiger partial charge is 0.449 e. The molecule has 0 saturated carbocycles. The quantitative estimate of drug-likeness (QED) is 0.353. The Labute approximate surface area is 204 Å². The van der Waals surface area contributed by atoms with Crippen LogP contribution >= 0.6 is 32.6 Å². The zero-order valence-corrected chi connectivity index (χ0v) is 19.6. The predicted octanol–water partition coefficient (Wildman–Crippen LogP) is 3.50. The third-order valence-electron chi connectivity index (χ3n) is 4.34. The Hall–Kier alpha value is -3.51. The second-order valence-corrected chi connectivity index (χ2v) is 9.59. The Morgan fingerprint density at radius 3 is 2.74 bits per heavy atom. The average molecular weight is 603 g/mol. The number of benzene rings is 1. The van der Waals surface area contributed by atoms with Crippen LogP contribution in [0.4, 0.5) is 13.2 Å².